The van der Waals surface area contributed by atoms with Crippen molar-refractivity contribution >= 4 is 17.7 Å². The molecule has 1 atom stereocenters. The van der Waals surface area contributed by atoms with Gasteiger partial charge in [0.05, 0.1) is 5.69 Å². The summed E-state index contributed by atoms with van der Waals surface area (Å²) in [5, 5.41) is 11.4. The molecule has 2 rings (SSSR count). The van der Waals surface area contributed by atoms with Gasteiger partial charge >= 0.3 is 12.0 Å². The van der Waals surface area contributed by atoms with Crippen molar-refractivity contribution in [2.45, 2.75) is 38.6 Å². The molecule has 0 radical (unpaired) electrons. The standard InChI is InChI=1S/C15H19FN2O3/c1-10(3-2-4-14(19)20)17-15(21)18-8-7-11-5-6-12(16)9-13(11)18/h5-6,9-10H,2-4,7-8H2,1H3,(H,17,21)(H,19,20). The fraction of sp³-hybridized carbons (Fsp3) is 0.467. The average Bonchev–Trinajstić information content (AvgIpc) is 2.81. The third-order valence-corrected chi connectivity index (χ3v) is 3.59. The second kappa shape index (κ2) is 6.56. The first-order valence-corrected chi connectivity index (χ1v) is 7.05. The number of amides is 2. The maximum atomic E-state index is 13.3. The number of benzene rings is 1. The van der Waals surface area contributed by atoms with Crippen molar-refractivity contribution < 1.29 is 19.1 Å². The molecule has 1 heterocycles. The zero-order chi connectivity index (χ0) is 15.4. The zero-order valence-electron chi connectivity index (χ0n) is 11.9. The third kappa shape index (κ3) is 3.93. The van der Waals surface area contributed by atoms with Crippen molar-refractivity contribution in [3.05, 3.63) is 29.6 Å². The smallest absolute Gasteiger partial charge is 0.322 e. The van der Waals surface area contributed by atoms with Gasteiger partial charge in [-0.1, -0.05) is 6.07 Å². The molecule has 0 saturated heterocycles. The van der Waals surface area contributed by atoms with Gasteiger partial charge in [0.25, 0.3) is 0 Å². The van der Waals surface area contributed by atoms with E-state index in [0.717, 1.165) is 12.0 Å². The highest BCUT2D eigenvalue weighted by molar-refractivity contribution is 5.94. The molecule has 1 aliphatic heterocycles. The van der Waals surface area contributed by atoms with Gasteiger partial charge in [-0.25, -0.2) is 9.18 Å². The minimum absolute atomic E-state index is 0.0952. The molecule has 21 heavy (non-hydrogen) atoms. The number of aliphatic carboxylic acids is 1. The van der Waals surface area contributed by atoms with Crippen molar-refractivity contribution in [2.24, 2.45) is 0 Å². The first-order chi connectivity index (χ1) is 9.97. The molecule has 6 heteroatoms. The second-order valence-electron chi connectivity index (χ2n) is 5.31. The van der Waals surface area contributed by atoms with Gasteiger partial charge in [-0.3, -0.25) is 9.69 Å². The van der Waals surface area contributed by atoms with Crippen LogP contribution in [0.2, 0.25) is 0 Å². The van der Waals surface area contributed by atoms with Gasteiger partial charge in [-0.2, -0.15) is 0 Å². The largest absolute Gasteiger partial charge is 0.481 e. The number of hydrogen-bond acceptors (Lipinski definition) is 2. The summed E-state index contributed by atoms with van der Waals surface area (Å²) in [7, 11) is 0. The van der Waals surface area contributed by atoms with Gasteiger partial charge in [0.1, 0.15) is 5.82 Å². The number of fused-ring (bicyclic) bond motifs is 1. The van der Waals surface area contributed by atoms with Crippen LogP contribution in [0.15, 0.2) is 18.2 Å². The Hall–Kier alpha value is -2.11. The fourth-order valence-corrected chi connectivity index (χ4v) is 2.48. The molecule has 1 aliphatic rings. The maximum Gasteiger partial charge on any atom is 0.322 e. The number of urea groups is 1. The first-order valence-electron chi connectivity index (χ1n) is 7.05. The van der Waals surface area contributed by atoms with Crippen LogP contribution in [0.1, 0.15) is 31.7 Å². The van der Waals surface area contributed by atoms with Crippen LogP contribution >= 0.6 is 0 Å². The highest BCUT2D eigenvalue weighted by atomic mass is 19.1. The summed E-state index contributed by atoms with van der Waals surface area (Å²) in [4.78, 5) is 24.2. The van der Waals surface area contributed by atoms with E-state index in [-0.39, 0.29) is 24.3 Å². The topological polar surface area (TPSA) is 69.6 Å². The Labute approximate surface area is 122 Å². The Bertz CT molecular complexity index is 548. The van der Waals surface area contributed by atoms with Gasteiger partial charge in [0.2, 0.25) is 0 Å². The molecule has 1 aromatic rings. The number of anilines is 1. The average molecular weight is 294 g/mol. The van der Waals surface area contributed by atoms with Crippen molar-refractivity contribution in [2.75, 3.05) is 11.4 Å². The van der Waals surface area contributed by atoms with E-state index < -0.39 is 5.97 Å². The number of halogens is 1. The number of rotatable bonds is 5. The summed E-state index contributed by atoms with van der Waals surface area (Å²) in [6.07, 6.45) is 1.93. The SMILES string of the molecule is CC(CCCC(=O)O)NC(=O)N1CCc2ccc(F)cc21. The number of carbonyl (C=O) groups excluding carboxylic acids is 1. The van der Waals surface area contributed by atoms with E-state index in [2.05, 4.69) is 5.32 Å². The third-order valence-electron chi connectivity index (χ3n) is 3.59. The van der Waals surface area contributed by atoms with Crippen molar-refractivity contribution in [1.82, 2.24) is 5.32 Å². The summed E-state index contributed by atoms with van der Waals surface area (Å²) in [5.74, 6) is -1.19. The van der Waals surface area contributed by atoms with Gasteiger partial charge < -0.3 is 10.4 Å². The molecule has 5 nitrogen and oxygen atoms in total. The predicted molar refractivity (Wildman–Crippen MR) is 76.9 cm³/mol. The Morgan fingerprint density at radius 2 is 2.24 bits per heavy atom. The van der Waals surface area contributed by atoms with Crippen LogP contribution in [-0.2, 0) is 11.2 Å². The molecular weight excluding hydrogens is 275 g/mol. The van der Waals surface area contributed by atoms with E-state index in [9.17, 15) is 14.0 Å². The van der Waals surface area contributed by atoms with Crippen molar-refractivity contribution in [1.29, 1.82) is 0 Å². The molecular formula is C15H19FN2O3. The number of nitrogens with zero attached hydrogens (tertiary/aromatic N) is 1. The second-order valence-corrected chi connectivity index (χ2v) is 5.31. The highest BCUT2D eigenvalue weighted by Gasteiger charge is 2.25. The van der Waals surface area contributed by atoms with Gasteiger partial charge in [-0.15, -0.1) is 0 Å². The number of hydrogen-bond donors (Lipinski definition) is 2. The lowest BCUT2D eigenvalue weighted by atomic mass is 10.1. The van der Waals surface area contributed by atoms with E-state index in [1.807, 2.05) is 6.92 Å². The van der Waals surface area contributed by atoms with Crippen LogP contribution in [0.5, 0.6) is 0 Å². The number of carbonyl (C=O) groups is 2. The lowest BCUT2D eigenvalue weighted by molar-refractivity contribution is -0.137. The van der Waals surface area contributed by atoms with E-state index in [1.54, 1.807) is 6.07 Å². The van der Waals surface area contributed by atoms with Gasteiger partial charge in [-0.05, 0) is 43.9 Å². The quantitative estimate of drug-likeness (QED) is 0.876. The van der Waals surface area contributed by atoms with Gasteiger partial charge in [0.15, 0.2) is 0 Å². The Kier molecular flexibility index (Phi) is 4.77. The number of carboxylic acids is 1. The lowest BCUT2D eigenvalue weighted by Gasteiger charge is -2.21. The summed E-state index contributed by atoms with van der Waals surface area (Å²) in [6, 6.07) is 4.09. The van der Waals surface area contributed by atoms with Crippen molar-refractivity contribution in [3.8, 4) is 0 Å². The molecule has 0 spiro atoms. The summed E-state index contributed by atoms with van der Waals surface area (Å²) in [6.45, 7) is 2.37. The molecule has 114 valence electrons. The fourth-order valence-electron chi connectivity index (χ4n) is 2.48. The van der Waals surface area contributed by atoms with Crippen molar-refractivity contribution in [3.63, 3.8) is 0 Å². The number of nitrogens with one attached hydrogen (secondary N) is 1. The van der Waals surface area contributed by atoms with E-state index in [0.29, 0.717) is 25.1 Å². The molecule has 0 fully saturated rings. The first kappa shape index (κ1) is 15.3. The molecule has 1 aromatic carbocycles. The van der Waals surface area contributed by atoms with Gasteiger partial charge in [0, 0.05) is 19.0 Å². The Morgan fingerprint density at radius 1 is 1.48 bits per heavy atom. The van der Waals surface area contributed by atoms with Crippen LogP contribution in [0, 0.1) is 5.82 Å². The molecule has 1 unspecified atom stereocenters. The van der Waals surface area contributed by atoms with Crippen LogP contribution < -0.4 is 10.2 Å². The number of carboxylic acid groups (broad SMARTS) is 1. The van der Waals surface area contributed by atoms with Crippen LogP contribution in [-0.4, -0.2) is 29.7 Å². The summed E-state index contributed by atoms with van der Waals surface area (Å²) >= 11 is 0. The molecule has 0 saturated carbocycles. The maximum absolute atomic E-state index is 13.3. The summed E-state index contributed by atoms with van der Waals surface area (Å²) < 4.78 is 13.3. The normalized spacial score (nSPS) is 14.7. The highest BCUT2D eigenvalue weighted by Crippen LogP contribution is 2.28. The lowest BCUT2D eigenvalue weighted by Crippen LogP contribution is -2.43. The van der Waals surface area contributed by atoms with Crippen LogP contribution in [0.4, 0.5) is 14.9 Å². The minimum atomic E-state index is -0.836. The Morgan fingerprint density at radius 3 is 2.95 bits per heavy atom. The molecule has 0 aliphatic carbocycles. The monoisotopic (exact) mass is 294 g/mol. The van der Waals surface area contributed by atoms with E-state index in [4.69, 9.17) is 5.11 Å². The predicted octanol–water partition coefficient (Wildman–Crippen LogP) is 2.54. The zero-order valence-corrected chi connectivity index (χ0v) is 11.9. The molecule has 2 amide bonds. The van der Waals surface area contributed by atoms with E-state index in [1.165, 1.54) is 17.0 Å². The van der Waals surface area contributed by atoms with Crippen LogP contribution in [0.3, 0.4) is 0 Å². The summed E-state index contributed by atoms with van der Waals surface area (Å²) in [5.41, 5.74) is 1.58. The Balaban J connectivity index is 1.90. The molecule has 0 aromatic heterocycles. The molecule has 0 bridgehead atoms. The van der Waals surface area contributed by atoms with Crippen LogP contribution in [0.25, 0.3) is 0 Å². The minimum Gasteiger partial charge on any atom is -0.481 e. The molecule has 2 N–H and O–H groups in total. The van der Waals surface area contributed by atoms with E-state index >= 15 is 0 Å².